The van der Waals surface area contributed by atoms with Gasteiger partial charge in [0.1, 0.15) is 11.2 Å². The Hall–Kier alpha value is -3.03. The van der Waals surface area contributed by atoms with Crippen molar-refractivity contribution in [1.29, 1.82) is 0 Å². The summed E-state index contributed by atoms with van der Waals surface area (Å²) in [5.41, 5.74) is 10.9. The fourth-order valence-corrected chi connectivity index (χ4v) is 4.00. The first kappa shape index (κ1) is 22.2. The van der Waals surface area contributed by atoms with Crippen LogP contribution in [0.3, 0.4) is 0 Å². The van der Waals surface area contributed by atoms with Crippen LogP contribution in [-0.4, -0.2) is 38.9 Å². The second-order valence-corrected chi connectivity index (χ2v) is 8.83. The molecule has 1 aromatic carbocycles. The molecule has 32 heavy (non-hydrogen) atoms. The minimum absolute atomic E-state index is 0.101. The molecular weight excluding hydrogens is 405 g/mol. The Morgan fingerprint density at radius 2 is 1.88 bits per heavy atom. The third-order valence-corrected chi connectivity index (χ3v) is 5.50. The highest BCUT2D eigenvalue weighted by atomic mass is 19.2. The summed E-state index contributed by atoms with van der Waals surface area (Å²) in [4.78, 5) is 18.5. The van der Waals surface area contributed by atoms with Gasteiger partial charge >= 0.3 is 0 Å². The number of alkyl halides is 1. The molecule has 2 N–H and O–H groups in total. The van der Waals surface area contributed by atoms with Crippen molar-refractivity contribution in [2.24, 2.45) is 5.73 Å². The molecule has 6 nitrogen and oxygen atoms in total. The van der Waals surface area contributed by atoms with Crippen molar-refractivity contribution in [3.63, 3.8) is 0 Å². The molecular formula is C25H28FN5O. The first-order valence-electron chi connectivity index (χ1n) is 10.8. The quantitative estimate of drug-likeness (QED) is 0.624. The highest BCUT2D eigenvalue weighted by Crippen LogP contribution is 2.38. The Bertz CT molecular complexity index is 1210. The minimum Gasteiger partial charge on any atom is -0.343 e. The molecule has 4 rings (SSSR count). The molecule has 0 saturated carbocycles. The Labute approximate surface area is 187 Å². The van der Waals surface area contributed by atoms with Crippen LogP contribution in [-0.2, 0) is 10.2 Å². The molecule has 0 amide bonds. The molecule has 2 heterocycles. The van der Waals surface area contributed by atoms with Crippen LogP contribution in [0.5, 0.6) is 0 Å². The number of ether oxygens (including phenoxy) is 1. The predicted octanol–water partition coefficient (Wildman–Crippen LogP) is 4.76. The standard InChI is InChI=1S/C25H28FN5O/c1-5-32-25(26)11-10-16(15-27)18(14-25)22-30-20(21-23(31-22)29-13-12-28-21)17-8-6-7-9-19(17)24(2,3)4/h6-10,12-14H,5,11,15,27H2,1-4H3. The summed E-state index contributed by atoms with van der Waals surface area (Å²) in [6.07, 6.45) is 6.52. The second-order valence-electron chi connectivity index (χ2n) is 8.83. The SMILES string of the molecule is CCOC1(F)C=C(c2nc(-c3ccccc3C(C)(C)C)c3nccnc3n2)C(CN)=CC1. The summed E-state index contributed by atoms with van der Waals surface area (Å²) < 4.78 is 20.7. The fraction of sp³-hybridized carbons (Fsp3) is 0.360. The van der Waals surface area contributed by atoms with Gasteiger partial charge in [0.25, 0.3) is 0 Å². The molecule has 7 heteroatoms. The summed E-state index contributed by atoms with van der Waals surface area (Å²) >= 11 is 0. The summed E-state index contributed by atoms with van der Waals surface area (Å²) in [6, 6.07) is 8.10. The summed E-state index contributed by atoms with van der Waals surface area (Å²) in [6.45, 7) is 8.71. The third-order valence-electron chi connectivity index (χ3n) is 5.50. The van der Waals surface area contributed by atoms with E-state index < -0.39 is 5.85 Å². The van der Waals surface area contributed by atoms with Gasteiger partial charge in [0.2, 0.25) is 5.85 Å². The largest absolute Gasteiger partial charge is 0.343 e. The lowest BCUT2D eigenvalue weighted by Gasteiger charge is -2.27. The van der Waals surface area contributed by atoms with Gasteiger partial charge < -0.3 is 10.5 Å². The zero-order valence-corrected chi connectivity index (χ0v) is 18.9. The number of fused-ring (bicyclic) bond motifs is 1. The molecule has 0 fully saturated rings. The van der Waals surface area contributed by atoms with E-state index >= 15 is 4.39 Å². The van der Waals surface area contributed by atoms with Crippen molar-refractivity contribution in [3.05, 3.63) is 65.8 Å². The van der Waals surface area contributed by atoms with Crippen molar-refractivity contribution in [2.45, 2.75) is 45.4 Å². The normalized spacial score (nSPS) is 19.1. The number of hydrogen-bond acceptors (Lipinski definition) is 6. The summed E-state index contributed by atoms with van der Waals surface area (Å²) in [7, 11) is 0. The molecule has 2 aromatic heterocycles. The highest BCUT2D eigenvalue weighted by molar-refractivity contribution is 5.90. The van der Waals surface area contributed by atoms with Crippen LogP contribution in [0.1, 0.15) is 45.5 Å². The van der Waals surface area contributed by atoms with E-state index in [2.05, 4.69) is 41.8 Å². The second kappa shape index (κ2) is 8.48. The van der Waals surface area contributed by atoms with E-state index in [0.717, 1.165) is 16.7 Å². The average Bonchev–Trinajstić information content (AvgIpc) is 2.78. The number of hydrogen-bond donors (Lipinski definition) is 1. The molecule has 3 aromatic rings. The molecule has 0 radical (unpaired) electrons. The average molecular weight is 434 g/mol. The lowest BCUT2D eigenvalue weighted by molar-refractivity contribution is -0.0991. The topological polar surface area (TPSA) is 86.8 Å². The van der Waals surface area contributed by atoms with Gasteiger partial charge in [-0.15, -0.1) is 0 Å². The lowest BCUT2D eigenvalue weighted by atomic mass is 9.82. The molecule has 0 saturated heterocycles. The maximum atomic E-state index is 15.3. The number of benzene rings is 1. The molecule has 1 aliphatic carbocycles. The molecule has 0 aliphatic heterocycles. The Morgan fingerprint density at radius 1 is 1.12 bits per heavy atom. The van der Waals surface area contributed by atoms with Gasteiger partial charge in [0.15, 0.2) is 11.5 Å². The van der Waals surface area contributed by atoms with E-state index in [1.807, 2.05) is 18.2 Å². The summed E-state index contributed by atoms with van der Waals surface area (Å²) in [5.74, 6) is -1.57. The van der Waals surface area contributed by atoms with E-state index in [1.54, 1.807) is 25.4 Å². The minimum atomic E-state index is -1.92. The first-order valence-corrected chi connectivity index (χ1v) is 10.8. The van der Waals surface area contributed by atoms with Crippen molar-refractivity contribution < 1.29 is 9.13 Å². The van der Waals surface area contributed by atoms with Crippen LogP contribution >= 0.6 is 0 Å². The van der Waals surface area contributed by atoms with Crippen LogP contribution in [0, 0.1) is 0 Å². The van der Waals surface area contributed by atoms with Gasteiger partial charge in [-0.25, -0.2) is 24.3 Å². The van der Waals surface area contributed by atoms with Gasteiger partial charge in [-0.1, -0.05) is 51.1 Å². The van der Waals surface area contributed by atoms with E-state index in [1.165, 1.54) is 6.08 Å². The number of nitrogens with zero attached hydrogens (tertiary/aromatic N) is 4. The molecule has 1 aliphatic rings. The molecule has 1 atom stereocenters. The maximum absolute atomic E-state index is 15.3. The van der Waals surface area contributed by atoms with Gasteiger partial charge in [0, 0.05) is 43.1 Å². The fourth-order valence-electron chi connectivity index (χ4n) is 4.00. The van der Waals surface area contributed by atoms with E-state index in [-0.39, 0.29) is 25.0 Å². The molecule has 166 valence electrons. The zero-order valence-electron chi connectivity index (χ0n) is 18.9. The van der Waals surface area contributed by atoms with Gasteiger partial charge in [-0.3, -0.25) is 0 Å². The number of aromatic nitrogens is 4. The monoisotopic (exact) mass is 433 g/mol. The molecule has 0 bridgehead atoms. The van der Waals surface area contributed by atoms with E-state index in [0.29, 0.717) is 28.3 Å². The number of rotatable bonds is 5. The van der Waals surface area contributed by atoms with Crippen LogP contribution < -0.4 is 5.73 Å². The van der Waals surface area contributed by atoms with Crippen molar-refractivity contribution in [3.8, 4) is 11.3 Å². The van der Waals surface area contributed by atoms with E-state index in [9.17, 15) is 0 Å². The molecule has 0 spiro atoms. The van der Waals surface area contributed by atoms with Gasteiger partial charge in [0.05, 0.1) is 0 Å². The van der Waals surface area contributed by atoms with Crippen LogP contribution in [0.25, 0.3) is 28.0 Å². The first-order chi connectivity index (χ1) is 15.3. The Kier molecular flexibility index (Phi) is 5.88. The van der Waals surface area contributed by atoms with Gasteiger partial charge in [-0.2, -0.15) is 0 Å². The Morgan fingerprint density at radius 3 is 2.59 bits per heavy atom. The maximum Gasteiger partial charge on any atom is 0.232 e. The van der Waals surface area contributed by atoms with E-state index in [4.69, 9.17) is 15.5 Å². The lowest BCUT2D eigenvalue weighted by Crippen LogP contribution is -2.28. The smallest absolute Gasteiger partial charge is 0.232 e. The van der Waals surface area contributed by atoms with Crippen LogP contribution in [0.15, 0.2) is 54.4 Å². The number of halogens is 1. The van der Waals surface area contributed by atoms with Crippen molar-refractivity contribution in [2.75, 3.05) is 13.2 Å². The number of nitrogens with two attached hydrogens (primary N) is 1. The summed E-state index contributed by atoms with van der Waals surface area (Å²) in [5, 5.41) is 0. The Balaban J connectivity index is 1.99. The van der Waals surface area contributed by atoms with Crippen molar-refractivity contribution >= 4 is 16.7 Å². The predicted molar refractivity (Wildman–Crippen MR) is 124 cm³/mol. The third kappa shape index (κ3) is 4.18. The van der Waals surface area contributed by atoms with Crippen LogP contribution in [0.2, 0.25) is 0 Å². The van der Waals surface area contributed by atoms with Gasteiger partial charge in [-0.05, 0) is 29.6 Å². The van der Waals surface area contributed by atoms with Crippen molar-refractivity contribution in [1.82, 2.24) is 19.9 Å². The molecule has 1 unspecified atom stereocenters. The van der Waals surface area contributed by atoms with Crippen LogP contribution in [0.4, 0.5) is 4.39 Å². The highest BCUT2D eigenvalue weighted by Gasteiger charge is 2.33. The zero-order chi connectivity index (χ0) is 22.9.